The van der Waals surface area contributed by atoms with E-state index in [2.05, 4.69) is 11.4 Å². The standard InChI is InChI=1S/C16H15Cl2N3O3/c17-13(18)14(22)20-7-12-8-21(15(23)24-12)11-3-1-10(2-4-11)16(9-19)5-6-16/h1-4,12-13H,5-8H2,(H,20,22). The molecular weight excluding hydrogens is 353 g/mol. The van der Waals surface area contributed by atoms with Crippen molar-refractivity contribution in [3.05, 3.63) is 29.8 Å². The Labute approximate surface area is 149 Å². The molecule has 1 saturated carbocycles. The van der Waals surface area contributed by atoms with Crippen molar-refractivity contribution < 1.29 is 14.3 Å². The van der Waals surface area contributed by atoms with Crippen LogP contribution in [0.25, 0.3) is 0 Å². The highest BCUT2D eigenvalue weighted by molar-refractivity contribution is 6.53. The highest BCUT2D eigenvalue weighted by Crippen LogP contribution is 2.47. The molecule has 8 heteroatoms. The lowest BCUT2D eigenvalue weighted by Gasteiger charge is -2.14. The zero-order chi connectivity index (χ0) is 17.3. The smallest absolute Gasteiger partial charge is 0.414 e. The minimum absolute atomic E-state index is 0.145. The molecule has 1 heterocycles. The van der Waals surface area contributed by atoms with Crippen molar-refractivity contribution >= 4 is 40.9 Å². The summed E-state index contributed by atoms with van der Waals surface area (Å²) in [6.07, 6.45) is 0.801. The van der Waals surface area contributed by atoms with E-state index in [0.717, 1.165) is 18.4 Å². The monoisotopic (exact) mass is 367 g/mol. The summed E-state index contributed by atoms with van der Waals surface area (Å²) in [7, 11) is 0. The predicted molar refractivity (Wildman–Crippen MR) is 89.1 cm³/mol. The van der Waals surface area contributed by atoms with Gasteiger partial charge in [0.1, 0.15) is 6.10 Å². The topological polar surface area (TPSA) is 82.4 Å². The Morgan fingerprint density at radius 3 is 2.62 bits per heavy atom. The summed E-state index contributed by atoms with van der Waals surface area (Å²) in [5.41, 5.74) is 1.32. The average molecular weight is 368 g/mol. The number of alkyl halides is 2. The molecule has 0 bridgehead atoms. The van der Waals surface area contributed by atoms with Gasteiger partial charge in [0.15, 0.2) is 4.84 Å². The van der Waals surface area contributed by atoms with E-state index in [9.17, 15) is 14.9 Å². The van der Waals surface area contributed by atoms with Crippen molar-refractivity contribution in [3.63, 3.8) is 0 Å². The van der Waals surface area contributed by atoms with E-state index in [1.165, 1.54) is 4.90 Å². The van der Waals surface area contributed by atoms with Crippen molar-refractivity contribution in [2.45, 2.75) is 29.2 Å². The Kier molecular flexibility index (Phi) is 4.57. The maximum absolute atomic E-state index is 12.0. The number of nitrogens with zero attached hydrogens (tertiary/aromatic N) is 2. The Bertz CT molecular complexity index is 696. The molecule has 1 aliphatic carbocycles. The van der Waals surface area contributed by atoms with Gasteiger partial charge in [0.25, 0.3) is 5.91 Å². The van der Waals surface area contributed by atoms with Crippen molar-refractivity contribution in [2.24, 2.45) is 0 Å². The molecule has 2 fully saturated rings. The molecule has 1 aromatic carbocycles. The zero-order valence-electron chi connectivity index (χ0n) is 12.7. The Morgan fingerprint density at radius 2 is 2.08 bits per heavy atom. The Hall–Kier alpha value is -1.97. The third-order valence-corrected chi connectivity index (χ3v) is 4.67. The fraction of sp³-hybridized carbons (Fsp3) is 0.438. The number of carbonyl (C=O) groups excluding carboxylic acids is 2. The molecule has 6 nitrogen and oxygen atoms in total. The van der Waals surface area contributed by atoms with Crippen LogP contribution in [0.3, 0.4) is 0 Å². The molecule has 0 aromatic heterocycles. The number of carbonyl (C=O) groups is 2. The summed E-state index contributed by atoms with van der Waals surface area (Å²) in [5, 5.41) is 11.7. The van der Waals surface area contributed by atoms with E-state index in [4.69, 9.17) is 27.9 Å². The van der Waals surface area contributed by atoms with Crippen LogP contribution < -0.4 is 10.2 Å². The first-order valence-corrected chi connectivity index (χ1v) is 8.38. The molecule has 3 rings (SSSR count). The van der Waals surface area contributed by atoms with E-state index in [-0.39, 0.29) is 12.0 Å². The van der Waals surface area contributed by atoms with Crippen molar-refractivity contribution in [1.29, 1.82) is 5.26 Å². The van der Waals surface area contributed by atoms with Crippen molar-refractivity contribution in [2.75, 3.05) is 18.0 Å². The third kappa shape index (κ3) is 3.28. The van der Waals surface area contributed by atoms with Crippen LogP contribution in [0.5, 0.6) is 0 Å². The summed E-state index contributed by atoms with van der Waals surface area (Å²) in [5.74, 6) is -0.525. The minimum Gasteiger partial charge on any atom is -0.442 e. The van der Waals surface area contributed by atoms with Crippen LogP contribution in [0.15, 0.2) is 24.3 Å². The van der Waals surface area contributed by atoms with Gasteiger partial charge in [0.05, 0.1) is 24.6 Å². The second-order valence-corrected chi connectivity index (χ2v) is 7.00. The molecular formula is C16H15Cl2N3O3. The zero-order valence-corrected chi connectivity index (χ0v) is 14.2. The largest absolute Gasteiger partial charge is 0.442 e. The maximum Gasteiger partial charge on any atom is 0.414 e. The molecule has 2 amide bonds. The summed E-state index contributed by atoms with van der Waals surface area (Å²) in [6, 6.07) is 9.71. The first-order valence-electron chi connectivity index (χ1n) is 7.51. The molecule has 2 aliphatic rings. The normalized spacial score (nSPS) is 21.3. The second kappa shape index (κ2) is 6.50. The van der Waals surface area contributed by atoms with Gasteiger partial charge in [-0.25, -0.2) is 4.79 Å². The lowest BCUT2D eigenvalue weighted by molar-refractivity contribution is -0.119. The van der Waals surface area contributed by atoms with Crippen LogP contribution in [0.1, 0.15) is 18.4 Å². The van der Waals surface area contributed by atoms with Gasteiger partial charge >= 0.3 is 6.09 Å². The van der Waals surface area contributed by atoms with Crippen molar-refractivity contribution in [1.82, 2.24) is 5.32 Å². The summed E-state index contributed by atoms with van der Waals surface area (Å²) < 4.78 is 5.22. The Balaban J connectivity index is 1.62. The van der Waals surface area contributed by atoms with Gasteiger partial charge in [0.2, 0.25) is 0 Å². The van der Waals surface area contributed by atoms with Crippen LogP contribution >= 0.6 is 23.2 Å². The number of halogens is 2. The van der Waals surface area contributed by atoms with E-state index < -0.39 is 22.9 Å². The molecule has 126 valence electrons. The van der Waals surface area contributed by atoms with Crippen molar-refractivity contribution in [3.8, 4) is 6.07 Å². The van der Waals surface area contributed by atoms with Gasteiger partial charge < -0.3 is 10.1 Å². The first-order chi connectivity index (χ1) is 11.4. The number of amides is 2. The van der Waals surface area contributed by atoms with E-state index >= 15 is 0 Å². The molecule has 1 N–H and O–H groups in total. The number of nitriles is 1. The van der Waals surface area contributed by atoms with Gasteiger partial charge in [-0.2, -0.15) is 5.26 Å². The number of anilines is 1. The molecule has 1 aromatic rings. The highest BCUT2D eigenvalue weighted by atomic mass is 35.5. The second-order valence-electron chi connectivity index (χ2n) is 5.90. The lowest BCUT2D eigenvalue weighted by Crippen LogP contribution is -2.37. The third-order valence-electron chi connectivity index (χ3n) is 4.27. The number of nitrogens with one attached hydrogen (secondary N) is 1. The van der Waals surface area contributed by atoms with Gasteiger partial charge in [0, 0.05) is 5.69 Å². The molecule has 24 heavy (non-hydrogen) atoms. The van der Waals surface area contributed by atoms with E-state index in [1.807, 2.05) is 24.3 Å². The SMILES string of the molecule is N#CC1(c2ccc(N3CC(CNC(=O)C(Cl)Cl)OC3=O)cc2)CC1. The molecule has 1 saturated heterocycles. The molecule has 1 unspecified atom stereocenters. The number of cyclic esters (lactones) is 1. The summed E-state index contributed by atoms with van der Waals surface area (Å²) >= 11 is 10.9. The fourth-order valence-electron chi connectivity index (χ4n) is 2.68. The summed E-state index contributed by atoms with van der Waals surface area (Å²) in [4.78, 5) is 23.7. The number of benzene rings is 1. The fourth-order valence-corrected chi connectivity index (χ4v) is 2.83. The number of ether oxygens (including phenoxy) is 1. The quantitative estimate of drug-likeness (QED) is 0.810. The highest BCUT2D eigenvalue weighted by Gasteiger charge is 2.45. The van der Waals surface area contributed by atoms with Gasteiger partial charge in [-0.1, -0.05) is 35.3 Å². The predicted octanol–water partition coefficient (Wildman–Crippen LogP) is 2.49. The van der Waals surface area contributed by atoms with Gasteiger partial charge in [-0.3, -0.25) is 9.69 Å². The molecule has 1 aliphatic heterocycles. The maximum atomic E-state index is 12.0. The van der Waals surface area contributed by atoms with Gasteiger partial charge in [-0.15, -0.1) is 0 Å². The summed E-state index contributed by atoms with van der Waals surface area (Å²) in [6.45, 7) is 0.462. The number of rotatable bonds is 5. The van der Waals surface area contributed by atoms with Crippen LogP contribution in [-0.4, -0.2) is 36.0 Å². The molecule has 0 radical (unpaired) electrons. The van der Waals surface area contributed by atoms with Crippen LogP contribution in [0, 0.1) is 11.3 Å². The molecule has 1 atom stereocenters. The minimum atomic E-state index is -1.15. The van der Waals surface area contributed by atoms with Crippen LogP contribution in [0.2, 0.25) is 0 Å². The Morgan fingerprint density at radius 1 is 1.42 bits per heavy atom. The number of hydrogen-bond donors (Lipinski definition) is 1. The van der Waals surface area contributed by atoms with E-state index in [0.29, 0.717) is 12.2 Å². The van der Waals surface area contributed by atoms with Gasteiger partial charge in [-0.05, 0) is 30.5 Å². The molecule has 0 spiro atoms. The van der Waals surface area contributed by atoms with E-state index in [1.54, 1.807) is 0 Å². The number of hydrogen-bond acceptors (Lipinski definition) is 4. The van der Waals surface area contributed by atoms with Crippen LogP contribution in [0.4, 0.5) is 10.5 Å². The first kappa shape index (κ1) is 16.9. The average Bonchev–Trinajstić information content (AvgIpc) is 3.30. The van der Waals surface area contributed by atoms with Crippen LogP contribution in [-0.2, 0) is 14.9 Å². The lowest BCUT2D eigenvalue weighted by atomic mass is 9.97.